The summed E-state index contributed by atoms with van der Waals surface area (Å²) in [5.74, 6) is -0.928. The van der Waals surface area contributed by atoms with E-state index in [-0.39, 0.29) is 33.2 Å². The number of fused-ring (bicyclic) bond motifs is 2. The van der Waals surface area contributed by atoms with Gasteiger partial charge in [-0.05, 0) is 42.8 Å². The van der Waals surface area contributed by atoms with Crippen LogP contribution in [0.25, 0.3) is 11.0 Å². The second kappa shape index (κ2) is 7.63. The molecule has 4 aromatic rings. The van der Waals surface area contributed by atoms with Crippen molar-refractivity contribution in [2.45, 2.75) is 19.9 Å². The fourth-order valence-electron chi connectivity index (χ4n) is 4.08. The monoisotopic (exact) mass is 464 g/mol. The molecule has 0 unspecified atom stereocenters. The molecule has 1 aliphatic rings. The van der Waals surface area contributed by atoms with Gasteiger partial charge in [-0.3, -0.25) is 19.3 Å². The molecule has 5 rings (SSSR count). The number of benzene rings is 2. The smallest absolute Gasteiger partial charge is 0.297 e. The molecule has 0 aliphatic carbocycles. The Morgan fingerprint density at radius 3 is 2.70 bits per heavy atom. The highest BCUT2D eigenvalue weighted by Crippen LogP contribution is 2.43. The van der Waals surface area contributed by atoms with E-state index in [0.717, 1.165) is 23.5 Å². The van der Waals surface area contributed by atoms with Gasteiger partial charge in [0.15, 0.2) is 16.3 Å². The zero-order chi connectivity index (χ0) is 23.4. The van der Waals surface area contributed by atoms with E-state index in [1.54, 1.807) is 31.2 Å². The van der Waals surface area contributed by atoms with Crippen LogP contribution in [-0.2, 0) is 0 Å². The summed E-state index contributed by atoms with van der Waals surface area (Å²) < 4.78 is 25.1. The summed E-state index contributed by atoms with van der Waals surface area (Å²) in [7, 11) is 1.51. The van der Waals surface area contributed by atoms with Crippen molar-refractivity contribution < 1.29 is 23.1 Å². The standard InChI is InChI=1S/C24H17FN2O5S/c1-11-22(12(2)28)33-24(26-11)27-19(13-5-4-6-15(9-13)31-3)18-20(29)16-10-14(25)7-8-17(16)32-21(18)23(27)30/h4-10,19H,1-3H3/t19-/m0/s1. The second-order valence-corrected chi connectivity index (χ2v) is 8.61. The Bertz CT molecular complexity index is 1520. The first-order valence-corrected chi connectivity index (χ1v) is 10.8. The number of halogens is 1. The van der Waals surface area contributed by atoms with E-state index in [1.807, 2.05) is 0 Å². The quantitative estimate of drug-likeness (QED) is 0.408. The Labute approximate surface area is 191 Å². The highest BCUT2D eigenvalue weighted by molar-refractivity contribution is 7.17. The Hall–Kier alpha value is -3.85. The van der Waals surface area contributed by atoms with Crippen molar-refractivity contribution in [2.75, 3.05) is 12.0 Å². The van der Waals surface area contributed by atoms with Crippen molar-refractivity contribution in [1.82, 2.24) is 4.98 Å². The Morgan fingerprint density at radius 2 is 2.00 bits per heavy atom. The Kier molecular flexibility index (Phi) is 4.86. The number of carbonyl (C=O) groups excluding carboxylic acids is 2. The summed E-state index contributed by atoms with van der Waals surface area (Å²) in [6.45, 7) is 3.11. The van der Waals surface area contributed by atoms with Gasteiger partial charge in [-0.15, -0.1) is 0 Å². The molecule has 0 saturated carbocycles. The van der Waals surface area contributed by atoms with Gasteiger partial charge in [0.2, 0.25) is 5.76 Å². The first kappa shape index (κ1) is 21.0. The van der Waals surface area contributed by atoms with E-state index in [2.05, 4.69) is 4.98 Å². The number of thiazole rings is 1. The SMILES string of the molecule is COc1cccc([C@H]2c3c(oc4ccc(F)cc4c3=O)C(=O)N2c2nc(C)c(C(C)=O)s2)c1. The zero-order valence-electron chi connectivity index (χ0n) is 17.8. The summed E-state index contributed by atoms with van der Waals surface area (Å²) in [5.41, 5.74) is 0.765. The minimum Gasteiger partial charge on any atom is -0.497 e. The molecule has 0 radical (unpaired) electrons. The van der Waals surface area contributed by atoms with Crippen LogP contribution in [0.3, 0.4) is 0 Å². The van der Waals surface area contributed by atoms with E-state index in [9.17, 15) is 18.8 Å². The van der Waals surface area contributed by atoms with Crippen LogP contribution in [0.4, 0.5) is 9.52 Å². The topological polar surface area (TPSA) is 89.7 Å². The summed E-state index contributed by atoms with van der Waals surface area (Å²) in [5, 5.41) is 0.299. The number of hydrogen-bond acceptors (Lipinski definition) is 7. The average molecular weight is 464 g/mol. The number of rotatable bonds is 4. The van der Waals surface area contributed by atoms with E-state index in [0.29, 0.717) is 21.9 Å². The van der Waals surface area contributed by atoms with E-state index >= 15 is 0 Å². The zero-order valence-corrected chi connectivity index (χ0v) is 18.7. The molecular weight excluding hydrogens is 447 g/mol. The van der Waals surface area contributed by atoms with Crippen LogP contribution in [0.5, 0.6) is 5.75 Å². The molecule has 3 heterocycles. The molecule has 166 valence electrons. The largest absolute Gasteiger partial charge is 0.497 e. The summed E-state index contributed by atoms with van der Waals surface area (Å²) in [4.78, 5) is 45.3. The normalized spacial score (nSPS) is 15.2. The molecule has 2 aromatic heterocycles. The number of aromatic nitrogens is 1. The first-order chi connectivity index (χ1) is 15.8. The predicted molar refractivity (Wildman–Crippen MR) is 121 cm³/mol. The third-order valence-corrected chi connectivity index (χ3v) is 6.81. The van der Waals surface area contributed by atoms with E-state index in [4.69, 9.17) is 9.15 Å². The van der Waals surface area contributed by atoms with Gasteiger partial charge < -0.3 is 9.15 Å². The van der Waals surface area contributed by atoms with Gasteiger partial charge in [0, 0.05) is 6.92 Å². The van der Waals surface area contributed by atoms with E-state index in [1.165, 1.54) is 25.0 Å². The number of nitrogens with zero attached hydrogens (tertiary/aromatic N) is 2. The van der Waals surface area contributed by atoms with Gasteiger partial charge in [0.25, 0.3) is 5.91 Å². The molecule has 0 fully saturated rings. The highest BCUT2D eigenvalue weighted by Gasteiger charge is 2.45. The van der Waals surface area contributed by atoms with Crippen LogP contribution < -0.4 is 15.1 Å². The number of amides is 1. The van der Waals surface area contributed by atoms with Crippen molar-refractivity contribution >= 4 is 39.1 Å². The minimum absolute atomic E-state index is 0.0380. The lowest BCUT2D eigenvalue weighted by Crippen LogP contribution is -2.29. The average Bonchev–Trinajstić information content (AvgIpc) is 3.32. The molecule has 0 bridgehead atoms. The lowest BCUT2D eigenvalue weighted by Gasteiger charge is -2.22. The number of hydrogen-bond donors (Lipinski definition) is 0. The van der Waals surface area contributed by atoms with Crippen molar-refractivity contribution in [1.29, 1.82) is 0 Å². The molecule has 1 aliphatic heterocycles. The van der Waals surface area contributed by atoms with Gasteiger partial charge >= 0.3 is 0 Å². The number of carbonyl (C=O) groups is 2. The molecular formula is C24H17FN2O5S. The maximum Gasteiger partial charge on any atom is 0.297 e. The van der Waals surface area contributed by atoms with Gasteiger partial charge in [-0.2, -0.15) is 0 Å². The number of anilines is 1. The number of Topliss-reactive ketones (excluding diaryl/α,β-unsaturated/α-hetero) is 1. The number of aryl methyl sites for hydroxylation is 1. The lowest BCUT2D eigenvalue weighted by molar-refractivity contribution is 0.0969. The Morgan fingerprint density at radius 1 is 1.21 bits per heavy atom. The van der Waals surface area contributed by atoms with Crippen molar-refractivity contribution in [3.8, 4) is 5.75 Å². The van der Waals surface area contributed by atoms with E-state index < -0.39 is 23.2 Å². The molecule has 0 spiro atoms. The molecule has 7 nitrogen and oxygen atoms in total. The van der Waals surface area contributed by atoms with Crippen molar-refractivity contribution in [3.05, 3.63) is 86.0 Å². The Balaban J connectivity index is 1.81. The third-order valence-electron chi connectivity index (χ3n) is 5.55. The molecule has 2 aromatic carbocycles. The van der Waals surface area contributed by atoms with Gasteiger partial charge in [-0.25, -0.2) is 9.37 Å². The maximum atomic E-state index is 13.9. The fourth-order valence-corrected chi connectivity index (χ4v) is 5.07. The summed E-state index contributed by atoms with van der Waals surface area (Å²) in [6, 6.07) is 9.64. The van der Waals surface area contributed by atoms with Crippen LogP contribution in [0.2, 0.25) is 0 Å². The van der Waals surface area contributed by atoms with Gasteiger partial charge in [-0.1, -0.05) is 23.5 Å². The minimum atomic E-state index is -0.892. The van der Waals surface area contributed by atoms with Crippen LogP contribution in [0.1, 0.15) is 50.0 Å². The van der Waals surface area contributed by atoms with Crippen LogP contribution in [-0.4, -0.2) is 23.8 Å². The molecule has 33 heavy (non-hydrogen) atoms. The number of methoxy groups -OCH3 is 1. The lowest BCUT2D eigenvalue weighted by atomic mass is 9.98. The van der Waals surface area contributed by atoms with Crippen molar-refractivity contribution in [2.24, 2.45) is 0 Å². The van der Waals surface area contributed by atoms with Gasteiger partial charge in [0.05, 0.1) is 34.7 Å². The molecule has 0 N–H and O–H groups in total. The summed E-state index contributed by atoms with van der Waals surface area (Å²) in [6.07, 6.45) is 0. The predicted octanol–water partition coefficient (Wildman–Crippen LogP) is 4.66. The molecule has 0 saturated heterocycles. The van der Waals surface area contributed by atoms with Crippen LogP contribution in [0.15, 0.2) is 51.7 Å². The fraction of sp³-hybridized carbons (Fsp3) is 0.167. The summed E-state index contributed by atoms with van der Waals surface area (Å²) >= 11 is 1.07. The maximum absolute atomic E-state index is 13.9. The van der Waals surface area contributed by atoms with Crippen LogP contribution >= 0.6 is 11.3 Å². The first-order valence-electron chi connectivity index (χ1n) is 10.0. The number of ketones is 1. The molecule has 1 amide bonds. The van der Waals surface area contributed by atoms with Gasteiger partial charge in [0.1, 0.15) is 17.1 Å². The van der Waals surface area contributed by atoms with Crippen molar-refractivity contribution in [3.63, 3.8) is 0 Å². The van der Waals surface area contributed by atoms with Crippen LogP contribution in [0, 0.1) is 12.7 Å². The molecule has 1 atom stereocenters. The number of ether oxygens (including phenoxy) is 1. The second-order valence-electron chi connectivity index (χ2n) is 7.64. The molecule has 9 heteroatoms. The highest BCUT2D eigenvalue weighted by atomic mass is 32.1. The third kappa shape index (κ3) is 3.23.